The molecule has 2 aliphatic rings. The second kappa shape index (κ2) is 9.02. The van der Waals surface area contributed by atoms with Crippen LogP contribution in [-0.4, -0.2) is 47.9 Å². The van der Waals surface area contributed by atoms with Gasteiger partial charge in [0.25, 0.3) is 5.91 Å². The molecule has 1 fully saturated rings. The zero-order chi connectivity index (χ0) is 21.8. The molecule has 1 aliphatic carbocycles. The van der Waals surface area contributed by atoms with E-state index in [0.29, 0.717) is 12.8 Å². The first kappa shape index (κ1) is 21.4. The van der Waals surface area contributed by atoms with Crippen molar-refractivity contribution in [3.63, 3.8) is 0 Å². The number of nitrogens with one attached hydrogen (secondary N) is 1. The zero-order valence-electron chi connectivity index (χ0n) is 16.0. The Labute approximate surface area is 170 Å². The molecule has 3 atom stereocenters. The van der Waals surface area contributed by atoms with Gasteiger partial charge in [-0.2, -0.15) is 8.78 Å². The van der Waals surface area contributed by atoms with Crippen LogP contribution in [0.25, 0.3) is 0 Å². The number of anilines is 1. The second-order valence-electron chi connectivity index (χ2n) is 6.91. The Hall–Kier alpha value is -3.30. The molecule has 1 aromatic rings. The summed E-state index contributed by atoms with van der Waals surface area (Å²) >= 11 is 0. The quantitative estimate of drug-likeness (QED) is 0.410. The monoisotopic (exact) mass is 422 g/mol. The second-order valence-corrected chi connectivity index (χ2v) is 6.91. The molecule has 1 N–H and O–H groups in total. The zero-order valence-corrected chi connectivity index (χ0v) is 16.0. The van der Waals surface area contributed by atoms with E-state index in [2.05, 4.69) is 10.1 Å². The molecular formula is C20H20F2N2O6. The van der Waals surface area contributed by atoms with Crippen molar-refractivity contribution in [2.45, 2.75) is 32.4 Å². The molecule has 10 heteroatoms. The number of nitrogens with zero attached hydrogens (tertiary/aromatic N) is 1. The van der Waals surface area contributed by atoms with Gasteiger partial charge < -0.3 is 14.8 Å². The fraction of sp³-hybridized carbons (Fsp3) is 0.400. The Morgan fingerprint density at radius 3 is 2.33 bits per heavy atom. The molecule has 3 amide bonds. The van der Waals surface area contributed by atoms with Gasteiger partial charge in [-0.3, -0.25) is 19.3 Å². The maximum atomic E-state index is 12.5. The first-order valence-corrected chi connectivity index (χ1v) is 9.31. The summed E-state index contributed by atoms with van der Waals surface area (Å²) in [5.41, 5.74) is -0.0200. The van der Waals surface area contributed by atoms with Gasteiger partial charge in [-0.1, -0.05) is 24.3 Å². The molecule has 160 valence electrons. The lowest BCUT2D eigenvalue weighted by Crippen LogP contribution is -2.45. The first-order valence-electron chi connectivity index (χ1n) is 9.31. The largest absolute Gasteiger partial charge is 0.454 e. The van der Waals surface area contributed by atoms with Crippen LogP contribution in [0.4, 0.5) is 14.5 Å². The van der Waals surface area contributed by atoms with Crippen LogP contribution >= 0.6 is 0 Å². The van der Waals surface area contributed by atoms with Crippen molar-refractivity contribution < 1.29 is 37.4 Å². The SMILES string of the molecule is C[C@@H](C(=O)OCC(=O)Nc1ccccc1OC(F)F)N1C(=O)[C@@H]2CC=CC[C@H]2C1=O. The van der Waals surface area contributed by atoms with E-state index in [4.69, 9.17) is 4.74 Å². The number of amides is 3. The van der Waals surface area contributed by atoms with E-state index in [-0.39, 0.29) is 11.4 Å². The molecule has 1 aliphatic heterocycles. The molecule has 8 nitrogen and oxygen atoms in total. The molecule has 0 unspecified atom stereocenters. The van der Waals surface area contributed by atoms with Crippen molar-refractivity contribution in [1.29, 1.82) is 0 Å². The van der Waals surface area contributed by atoms with Gasteiger partial charge in [0.05, 0.1) is 17.5 Å². The molecule has 0 saturated carbocycles. The highest BCUT2D eigenvalue weighted by Gasteiger charge is 2.50. The van der Waals surface area contributed by atoms with Crippen LogP contribution in [0.5, 0.6) is 5.75 Å². The Bertz CT molecular complexity index is 862. The van der Waals surface area contributed by atoms with Gasteiger partial charge in [0.15, 0.2) is 6.61 Å². The fourth-order valence-corrected chi connectivity index (χ4v) is 3.53. The number of likely N-dealkylation sites (tertiary alicyclic amines) is 1. The van der Waals surface area contributed by atoms with E-state index in [0.717, 1.165) is 4.90 Å². The smallest absolute Gasteiger partial charge is 0.387 e. The van der Waals surface area contributed by atoms with Gasteiger partial charge in [0.1, 0.15) is 11.8 Å². The lowest BCUT2D eigenvalue weighted by molar-refractivity contribution is -0.159. The number of rotatable bonds is 7. The summed E-state index contributed by atoms with van der Waals surface area (Å²) < 4.78 is 34.1. The number of ether oxygens (including phenoxy) is 2. The first-order chi connectivity index (χ1) is 14.3. The summed E-state index contributed by atoms with van der Waals surface area (Å²) in [6.45, 7) is -2.44. The van der Waals surface area contributed by atoms with E-state index in [1.54, 1.807) is 0 Å². The van der Waals surface area contributed by atoms with E-state index >= 15 is 0 Å². The number of hydrogen-bond acceptors (Lipinski definition) is 6. The number of fused-ring (bicyclic) bond motifs is 1. The summed E-state index contributed by atoms with van der Waals surface area (Å²) in [6.07, 6.45) is 4.55. The number of allylic oxidation sites excluding steroid dienone is 2. The van der Waals surface area contributed by atoms with E-state index in [1.165, 1.54) is 31.2 Å². The lowest BCUT2D eigenvalue weighted by Gasteiger charge is -2.21. The minimum atomic E-state index is -3.07. The number of imide groups is 1. The van der Waals surface area contributed by atoms with Gasteiger partial charge in [0.2, 0.25) is 11.8 Å². The summed E-state index contributed by atoms with van der Waals surface area (Å²) in [5, 5.41) is 2.31. The van der Waals surface area contributed by atoms with Crippen molar-refractivity contribution in [1.82, 2.24) is 4.90 Å². The predicted octanol–water partition coefficient (Wildman–Crippen LogP) is 2.11. The van der Waals surface area contributed by atoms with Crippen LogP contribution in [0.15, 0.2) is 36.4 Å². The third-order valence-electron chi connectivity index (χ3n) is 4.99. The molecule has 1 saturated heterocycles. The lowest BCUT2D eigenvalue weighted by atomic mass is 9.85. The average molecular weight is 422 g/mol. The maximum absolute atomic E-state index is 12.5. The van der Waals surface area contributed by atoms with Crippen LogP contribution in [0.1, 0.15) is 19.8 Å². The van der Waals surface area contributed by atoms with Crippen molar-refractivity contribution in [2.75, 3.05) is 11.9 Å². The van der Waals surface area contributed by atoms with Crippen molar-refractivity contribution in [3.05, 3.63) is 36.4 Å². The summed E-state index contributed by atoms with van der Waals surface area (Å²) in [5.74, 6) is -3.78. The van der Waals surface area contributed by atoms with Gasteiger partial charge >= 0.3 is 12.6 Å². The number of halogens is 2. The molecule has 1 aromatic carbocycles. The van der Waals surface area contributed by atoms with Crippen molar-refractivity contribution >= 4 is 29.4 Å². The van der Waals surface area contributed by atoms with Gasteiger partial charge in [-0.15, -0.1) is 0 Å². The third-order valence-corrected chi connectivity index (χ3v) is 4.99. The highest BCUT2D eigenvalue weighted by Crippen LogP contribution is 2.36. The van der Waals surface area contributed by atoms with Crippen molar-refractivity contribution in [3.8, 4) is 5.75 Å². The van der Waals surface area contributed by atoms with Crippen LogP contribution in [-0.2, 0) is 23.9 Å². The van der Waals surface area contributed by atoms with Gasteiger partial charge in [-0.05, 0) is 31.9 Å². The number of carbonyl (C=O) groups excluding carboxylic acids is 4. The van der Waals surface area contributed by atoms with Crippen molar-refractivity contribution in [2.24, 2.45) is 11.8 Å². The maximum Gasteiger partial charge on any atom is 0.387 e. The van der Waals surface area contributed by atoms with Crippen LogP contribution in [0.3, 0.4) is 0 Å². The van der Waals surface area contributed by atoms with E-state index in [9.17, 15) is 28.0 Å². The van der Waals surface area contributed by atoms with Crippen LogP contribution < -0.4 is 10.1 Å². The number of alkyl halides is 2. The highest BCUT2D eigenvalue weighted by molar-refractivity contribution is 6.08. The normalized spacial score (nSPS) is 21.4. The van der Waals surface area contributed by atoms with Crippen LogP contribution in [0.2, 0.25) is 0 Å². The molecule has 0 radical (unpaired) electrons. The van der Waals surface area contributed by atoms with Gasteiger partial charge in [-0.25, -0.2) is 4.79 Å². The Kier molecular flexibility index (Phi) is 6.43. The predicted molar refractivity (Wildman–Crippen MR) is 99.3 cm³/mol. The Morgan fingerprint density at radius 1 is 1.13 bits per heavy atom. The average Bonchev–Trinajstić information content (AvgIpc) is 2.97. The van der Waals surface area contributed by atoms with Crippen LogP contribution in [0, 0.1) is 11.8 Å². The number of carbonyl (C=O) groups is 4. The molecule has 3 rings (SSSR count). The standard InChI is InChI=1S/C20H20F2N2O6/c1-11(24-17(26)12-6-2-3-7-13(12)18(24)27)19(28)29-10-16(25)23-14-8-4-5-9-15(14)30-20(21)22/h2-5,8-9,11-13,20H,6-7,10H2,1H3,(H,23,25)/t11-,12+,13+/m0/s1. The Balaban J connectivity index is 1.56. The topological polar surface area (TPSA) is 102 Å². The molecule has 0 bridgehead atoms. The number of esters is 1. The van der Waals surface area contributed by atoms with Gasteiger partial charge in [0, 0.05) is 0 Å². The highest BCUT2D eigenvalue weighted by atomic mass is 19.3. The molecular weight excluding hydrogens is 402 g/mol. The van der Waals surface area contributed by atoms with E-state index in [1.807, 2.05) is 12.2 Å². The summed E-state index contributed by atoms with van der Waals surface area (Å²) in [6, 6.07) is 4.36. The molecule has 1 heterocycles. The van der Waals surface area contributed by atoms with E-state index < -0.39 is 54.8 Å². The minimum absolute atomic E-state index is 0.0200. The Morgan fingerprint density at radius 2 is 1.73 bits per heavy atom. The molecule has 30 heavy (non-hydrogen) atoms. The summed E-state index contributed by atoms with van der Waals surface area (Å²) in [7, 11) is 0. The number of benzene rings is 1. The molecule has 0 spiro atoms. The third kappa shape index (κ3) is 4.47. The minimum Gasteiger partial charge on any atom is -0.454 e. The molecule has 0 aromatic heterocycles. The number of hydrogen-bond donors (Lipinski definition) is 1. The number of para-hydroxylation sites is 2. The summed E-state index contributed by atoms with van der Waals surface area (Å²) in [4.78, 5) is 50.3. The fourth-order valence-electron chi connectivity index (χ4n) is 3.53.